The van der Waals surface area contributed by atoms with E-state index < -0.39 is 11.8 Å². The highest BCUT2D eigenvalue weighted by Crippen LogP contribution is 2.19. The number of anilines is 1. The van der Waals surface area contributed by atoms with Crippen molar-refractivity contribution in [1.29, 1.82) is 0 Å². The number of nitrogens with zero attached hydrogens (tertiary/aromatic N) is 1. The van der Waals surface area contributed by atoms with Crippen LogP contribution < -0.4 is 10.6 Å². The van der Waals surface area contributed by atoms with E-state index in [1.165, 1.54) is 0 Å². The molecule has 3 rings (SSSR count). The number of rotatable bonds is 5. The second kappa shape index (κ2) is 8.35. The number of amides is 2. The average Bonchev–Trinajstić information content (AvgIpc) is 3.16. The number of hydrogen-bond donors (Lipinski definition) is 2. The van der Waals surface area contributed by atoms with E-state index in [4.69, 9.17) is 4.52 Å². The maximum Gasteiger partial charge on any atom is 0.313 e. The van der Waals surface area contributed by atoms with Crippen LogP contribution in [-0.4, -0.2) is 23.2 Å². The van der Waals surface area contributed by atoms with Crippen LogP contribution in [0.25, 0.3) is 11.3 Å². The van der Waals surface area contributed by atoms with Crippen LogP contribution in [0, 0.1) is 0 Å². The maximum absolute atomic E-state index is 11.9. The Kier molecular flexibility index (Phi) is 5.70. The lowest BCUT2D eigenvalue weighted by Crippen LogP contribution is -2.34. The van der Waals surface area contributed by atoms with Gasteiger partial charge in [0, 0.05) is 22.2 Å². The molecule has 0 saturated carbocycles. The van der Waals surface area contributed by atoms with Crippen molar-refractivity contribution in [2.24, 2.45) is 0 Å². The molecule has 1 heterocycles. The Labute approximate surface area is 155 Å². The van der Waals surface area contributed by atoms with Gasteiger partial charge in [-0.15, -0.1) is 11.8 Å². The molecule has 2 N–H and O–H groups in total. The van der Waals surface area contributed by atoms with Crippen LogP contribution in [0.1, 0.15) is 5.76 Å². The summed E-state index contributed by atoms with van der Waals surface area (Å²) in [5.41, 5.74) is 2.16. The molecule has 2 amide bonds. The number of hydrogen-bond acceptors (Lipinski definition) is 5. The highest BCUT2D eigenvalue weighted by atomic mass is 32.2. The molecule has 0 spiro atoms. The van der Waals surface area contributed by atoms with Crippen LogP contribution in [0.5, 0.6) is 0 Å². The molecule has 0 bridgehead atoms. The van der Waals surface area contributed by atoms with Crippen LogP contribution in [0.3, 0.4) is 0 Å². The van der Waals surface area contributed by atoms with Crippen LogP contribution in [0.2, 0.25) is 0 Å². The third kappa shape index (κ3) is 4.52. The first-order valence-electron chi connectivity index (χ1n) is 7.90. The van der Waals surface area contributed by atoms with E-state index in [2.05, 4.69) is 15.8 Å². The number of thioether (sulfide) groups is 1. The molecule has 1 aromatic heterocycles. The maximum atomic E-state index is 11.9. The smallest absolute Gasteiger partial charge is 0.313 e. The Morgan fingerprint density at radius 1 is 1.04 bits per heavy atom. The zero-order valence-corrected chi connectivity index (χ0v) is 14.9. The molecule has 0 atom stereocenters. The van der Waals surface area contributed by atoms with Crippen molar-refractivity contribution in [1.82, 2.24) is 10.5 Å². The Morgan fingerprint density at radius 3 is 2.46 bits per heavy atom. The summed E-state index contributed by atoms with van der Waals surface area (Å²) in [5, 5.41) is 9.04. The van der Waals surface area contributed by atoms with Gasteiger partial charge in [0.1, 0.15) is 5.69 Å². The molecular weight excluding hydrogens is 350 g/mol. The Balaban J connectivity index is 1.53. The van der Waals surface area contributed by atoms with Crippen molar-refractivity contribution in [3.63, 3.8) is 0 Å². The minimum atomic E-state index is -0.739. The van der Waals surface area contributed by atoms with E-state index in [1.54, 1.807) is 30.0 Å². The van der Waals surface area contributed by atoms with E-state index in [1.807, 2.05) is 48.7 Å². The lowest BCUT2D eigenvalue weighted by molar-refractivity contribution is -0.136. The van der Waals surface area contributed by atoms with Gasteiger partial charge in [-0.2, -0.15) is 0 Å². The molecule has 0 aliphatic rings. The van der Waals surface area contributed by atoms with Gasteiger partial charge in [0.15, 0.2) is 5.76 Å². The first-order chi connectivity index (χ1) is 12.7. The third-order valence-corrected chi connectivity index (χ3v) is 4.35. The summed E-state index contributed by atoms with van der Waals surface area (Å²) >= 11 is 1.60. The van der Waals surface area contributed by atoms with E-state index >= 15 is 0 Å². The Hall–Kier alpha value is -3.06. The topological polar surface area (TPSA) is 84.2 Å². The summed E-state index contributed by atoms with van der Waals surface area (Å²) in [7, 11) is 0. The molecule has 132 valence electrons. The average molecular weight is 367 g/mol. The second-order valence-corrected chi connectivity index (χ2v) is 6.29. The summed E-state index contributed by atoms with van der Waals surface area (Å²) in [6.07, 6.45) is 1.97. The highest BCUT2D eigenvalue weighted by Gasteiger charge is 2.15. The van der Waals surface area contributed by atoms with Gasteiger partial charge < -0.3 is 15.2 Å². The van der Waals surface area contributed by atoms with Gasteiger partial charge in [0.05, 0.1) is 6.54 Å². The quantitative estimate of drug-likeness (QED) is 0.534. The molecule has 0 radical (unpaired) electrons. The summed E-state index contributed by atoms with van der Waals surface area (Å²) in [6.45, 7) is 0.0809. The number of benzene rings is 2. The molecule has 0 aliphatic heterocycles. The fourth-order valence-electron chi connectivity index (χ4n) is 2.25. The van der Waals surface area contributed by atoms with Crippen molar-refractivity contribution >= 4 is 29.3 Å². The van der Waals surface area contributed by atoms with Crippen molar-refractivity contribution in [3.05, 3.63) is 66.4 Å². The standard InChI is InChI=1S/C19H17N3O3S/c1-26-16-9-7-14(8-10-16)21-19(24)18(23)20-12-15-11-17(22-25-15)13-5-3-2-4-6-13/h2-11H,12H2,1H3,(H,20,23)(H,21,24). The number of carbonyl (C=O) groups excluding carboxylic acids is 2. The molecule has 0 fully saturated rings. The SMILES string of the molecule is CSc1ccc(NC(=O)C(=O)NCc2cc(-c3ccccc3)no2)cc1. The zero-order chi connectivity index (χ0) is 18.4. The molecular formula is C19H17N3O3S. The predicted octanol–water partition coefficient (Wildman–Crippen LogP) is 3.32. The minimum absolute atomic E-state index is 0.0809. The lowest BCUT2D eigenvalue weighted by atomic mass is 10.1. The molecule has 2 aromatic carbocycles. The van der Waals surface area contributed by atoms with Crippen LogP contribution in [0.15, 0.2) is 70.1 Å². The Morgan fingerprint density at radius 2 is 1.77 bits per heavy atom. The van der Waals surface area contributed by atoms with Gasteiger partial charge in [0.2, 0.25) is 0 Å². The van der Waals surface area contributed by atoms with Crippen LogP contribution in [-0.2, 0) is 16.1 Å². The first-order valence-corrected chi connectivity index (χ1v) is 9.12. The highest BCUT2D eigenvalue weighted by molar-refractivity contribution is 7.98. The van der Waals surface area contributed by atoms with Crippen molar-refractivity contribution in [2.45, 2.75) is 11.4 Å². The zero-order valence-electron chi connectivity index (χ0n) is 14.1. The lowest BCUT2D eigenvalue weighted by Gasteiger charge is -2.05. The van der Waals surface area contributed by atoms with E-state index in [0.29, 0.717) is 17.1 Å². The van der Waals surface area contributed by atoms with Gasteiger partial charge in [-0.1, -0.05) is 35.5 Å². The molecule has 7 heteroatoms. The monoisotopic (exact) mass is 367 g/mol. The van der Waals surface area contributed by atoms with E-state index in [0.717, 1.165) is 10.5 Å². The fraction of sp³-hybridized carbons (Fsp3) is 0.105. The number of nitrogens with one attached hydrogen (secondary N) is 2. The number of carbonyl (C=O) groups is 2. The molecule has 0 unspecified atom stereocenters. The van der Waals surface area contributed by atoms with E-state index in [-0.39, 0.29) is 6.54 Å². The Bertz CT molecular complexity index is 892. The normalized spacial score (nSPS) is 10.3. The molecule has 26 heavy (non-hydrogen) atoms. The van der Waals surface area contributed by atoms with Crippen LogP contribution >= 0.6 is 11.8 Å². The van der Waals surface area contributed by atoms with Crippen molar-refractivity contribution in [3.8, 4) is 11.3 Å². The summed E-state index contributed by atoms with van der Waals surface area (Å²) in [5.74, 6) is -1.00. The predicted molar refractivity (Wildman–Crippen MR) is 101 cm³/mol. The number of aromatic nitrogens is 1. The fourth-order valence-corrected chi connectivity index (χ4v) is 2.66. The largest absolute Gasteiger partial charge is 0.359 e. The third-order valence-electron chi connectivity index (χ3n) is 3.61. The van der Waals surface area contributed by atoms with Gasteiger partial charge in [0.25, 0.3) is 0 Å². The van der Waals surface area contributed by atoms with Crippen LogP contribution in [0.4, 0.5) is 5.69 Å². The summed E-state index contributed by atoms with van der Waals surface area (Å²) < 4.78 is 5.19. The molecule has 6 nitrogen and oxygen atoms in total. The van der Waals surface area contributed by atoms with Gasteiger partial charge in [-0.25, -0.2) is 0 Å². The summed E-state index contributed by atoms with van der Waals surface area (Å²) in [4.78, 5) is 24.9. The molecule has 0 saturated heterocycles. The van der Waals surface area contributed by atoms with Gasteiger partial charge in [-0.3, -0.25) is 9.59 Å². The summed E-state index contributed by atoms with van der Waals surface area (Å²) in [6, 6.07) is 18.5. The molecule has 3 aromatic rings. The minimum Gasteiger partial charge on any atom is -0.359 e. The van der Waals surface area contributed by atoms with Crippen molar-refractivity contribution in [2.75, 3.05) is 11.6 Å². The second-order valence-electron chi connectivity index (χ2n) is 5.41. The van der Waals surface area contributed by atoms with Crippen molar-refractivity contribution < 1.29 is 14.1 Å². The first kappa shape index (κ1) is 17.8. The molecule has 0 aliphatic carbocycles. The van der Waals surface area contributed by atoms with Gasteiger partial charge >= 0.3 is 11.8 Å². The van der Waals surface area contributed by atoms with Gasteiger partial charge in [-0.05, 0) is 30.5 Å². The van der Waals surface area contributed by atoms with E-state index in [9.17, 15) is 9.59 Å².